The summed E-state index contributed by atoms with van der Waals surface area (Å²) in [4.78, 5) is 0. The van der Waals surface area contributed by atoms with Gasteiger partial charge in [0.1, 0.15) is 0 Å². The molecule has 0 heterocycles. The van der Waals surface area contributed by atoms with E-state index >= 15 is 0 Å². The molecule has 0 bridgehead atoms. The van der Waals surface area contributed by atoms with Gasteiger partial charge >= 0.3 is 0 Å². The van der Waals surface area contributed by atoms with Crippen LogP contribution in [-0.4, -0.2) is 12.1 Å². The first-order valence-electron chi connectivity index (χ1n) is 8.08. The van der Waals surface area contributed by atoms with Crippen LogP contribution in [0.1, 0.15) is 50.7 Å². The molecule has 2 aromatic rings. The molecule has 0 saturated carbocycles. The molecule has 0 spiro atoms. The van der Waals surface area contributed by atoms with E-state index in [9.17, 15) is 0 Å². The Balaban J connectivity index is 2.24. The zero-order valence-electron chi connectivity index (χ0n) is 13.4. The Labute approximate surface area is 129 Å². The molecule has 0 saturated heterocycles. The highest BCUT2D eigenvalue weighted by Gasteiger charge is 2.22. The highest BCUT2D eigenvalue weighted by molar-refractivity contribution is 5.34. The highest BCUT2D eigenvalue weighted by atomic mass is 14.9. The average Bonchev–Trinajstić information content (AvgIpc) is 2.50. The maximum atomic E-state index is 3.78. The van der Waals surface area contributed by atoms with E-state index < -0.39 is 0 Å². The van der Waals surface area contributed by atoms with Crippen LogP contribution in [0, 0.1) is 0 Å². The zero-order chi connectivity index (χ0) is 15.1. The molecular formula is C20H27N. The van der Waals surface area contributed by atoms with Crippen molar-refractivity contribution in [3.05, 3.63) is 71.8 Å². The predicted octanol–water partition coefficient (Wildman–Crippen LogP) is 4.99. The van der Waals surface area contributed by atoms with Gasteiger partial charge in [-0.2, -0.15) is 0 Å². The van der Waals surface area contributed by atoms with Crippen molar-refractivity contribution in [1.82, 2.24) is 5.32 Å². The Kier molecular flexibility index (Phi) is 6.01. The molecule has 2 aromatic carbocycles. The monoisotopic (exact) mass is 281 g/mol. The third-order valence-electron chi connectivity index (χ3n) is 4.09. The van der Waals surface area contributed by atoms with Crippen molar-refractivity contribution in [2.45, 2.75) is 51.6 Å². The lowest BCUT2D eigenvalue weighted by Crippen LogP contribution is -2.38. The van der Waals surface area contributed by atoms with Gasteiger partial charge < -0.3 is 5.32 Å². The van der Waals surface area contributed by atoms with Gasteiger partial charge in [0, 0.05) is 18.0 Å². The molecular weight excluding hydrogens is 254 g/mol. The maximum Gasteiger partial charge on any atom is 0.0240 e. The molecule has 0 aliphatic heterocycles. The van der Waals surface area contributed by atoms with Crippen molar-refractivity contribution in [1.29, 1.82) is 0 Å². The fourth-order valence-electron chi connectivity index (χ4n) is 3.15. The molecule has 2 unspecified atom stereocenters. The summed E-state index contributed by atoms with van der Waals surface area (Å²) in [6.07, 6.45) is 2.45. The van der Waals surface area contributed by atoms with Crippen LogP contribution in [0.2, 0.25) is 0 Å². The average molecular weight is 281 g/mol. The van der Waals surface area contributed by atoms with E-state index in [0.717, 1.165) is 0 Å². The zero-order valence-corrected chi connectivity index (χ0v) is 13.4. The van der Waals surface area contributed by atoms with E-state index in [4.69, 9.17) is 0 Å². The van der Waals surface area contributed by atoms with Crippen LogP contribution in [0.25, 0.3) is 0 Å². The minimum Gasteiger partial charge on any atom is -0.311 e. The largest absolute Gasteiger partial charge is 0.311 e. The summed E-state index contributed by atoms with van der Waals surface area (Å²) < 4.78 is 0. The second kappa shape index (κ2) is 7.99. The Morgan fingerprint density at radius 1 is 0.810 bits per heavy atom. The van der Waals surface area contributed by atoms with Crippen molar-refractivity contribution >= 4 is 0 Å². The first-order valence-corrected chi connectivity index (χ1v) is 8.08. The van der Waals surface area contributed by atoms with Gasteiger partial charge in [-0.05, 0) is 31.4 Å². The number of hydrogen-bond acceptors (Lipinski definition) is 1. The second-order valence-electron chi connectivity index (χ2n) is 5.94. The smallest absolute Gasteiger partial charge is 0.0240 e. The third kappa shape index (κ3) is 4.44. The molecule has 2 rings (SSSR count). The van der Waals surface area contributed by atoms with Crippen molar-refractivity contribution in [3.8, 4) is 0 Å². The van der Waals surface area contributed by atoms with Crippen molar-refractivity contribution < 1.29 is 0 Å². The molecule has 0 radical (unpaired) electrons. The second-order valence-corrected chi connectivity index (χ2v) is 5.94. The molecule has 0 amide bonds. The quantitative estimate of drug-likeness (QED) is 0.754. The summed E-state index contributed by atoms with van der Waals surface area (Å²) in [6.45, 7) is 6.83. The van der Waals surface area contributed by atoms with Gasteiger partial charge in [-0.1, -0.05) is 74.0 Å². The van der Waals surface area contributed by atoms with Crippen LogP contribution in [-0.2, 0) is 0 Å². The molecule has 1 N–H and O–H groups in total. The van der Waals surface area contributed by atoms with Gasteiger partial charge in [-0.15, -0.1) is 0 Å². The van der Waals surface area contributed by atoms with Crippen molar-refractivity contribution in [2.75, 3.05) is 0 Å². The molecule has 1 nitrogen and oxygen atoms in total. The van der Waals surface area contributed by atoms with Crippen molar-refractivity contribution in [2.24, 2.45) is 0 Å². The van der Waals surface area contributed by atoms with Crippen LogP contribution >= 0.6 is 0 Å². The van der Waals surface area contributed by atoms with Crippen molar-refractivity contribution in [3.63, 3.8) is 0 Å². The Bertz CT molecular complexity index is 466. The Morgan fingerprint density at radius 3 is 1.71 bits per heavy atom. The molecule has 0 fully saturated rings. The lowest BCUT2D eigenvalue weighted by molar-refractivity contribution is 0.416. The fraction of sp³-hybridized carbons (Fsp3) is 0.400. The van der Waals surface area contributed by atoms with Crippen LogP contribution in [0.3, 0.4) is 0 Å². The molecule has 2 atom stereocenters. The summed E-state index contributed by atoms with van der Waals surface area (Å²) in [5, 5.41) is 3.78. The summed E-state index contributed by atoms with van der Waals surface area (Å²) >= 11 is 0. The third-order valence-corrected chi connectivity index (χ3v) is 4.09. The molecule has 1 heteroatoms. The van der Waals surface area contributed by atoms with E-state index in [-0.39, 0.29) is 0 Å². The topological polar surface area (TPSA) is 12.0 Å². The van der Waals surface area contributed by atoms with E-state index in [1.165, 1.54) is 24.0 Å². The van der Waals surface area contributed by atoms with Crippen LogP contribution in [0.4, 0.5) is 0 Å². The molecule has 0 aliphatic carbocycles. The van der Waals surface area contributed by atoms with Gasteiger partial charge in [0.15, 0.2) is 0 Å². The van der Waals surface area contributed by atoms with Gasteiger partial charge in [0.05, 0.1) is 0 Å². The summed E-state index contributed by atoms with van der Waals surface area (Å²) in [6, 6.07) is 22.6. The molecule has 0 aromatic heterocycles. The Hall–Kier alpha value is -1.60. The Morgan fingerprint density at radius 2 is 1.29 bits per heavy atom. The van der Waals surface area contributed by atoms with Gasteiger partial charge in [-0.25, -0.2) is 0 Å². The summed E-state index contributed by atoms with van der Waals surface area (Å²) in [5.41, 5.74) is 2.76. The first kappa shape index (κ1) is 15.8. The minimum atomic E-state index is 0.395. The lowest BCUT2D eigenvalue weighted by atomic mass is 9.85. The van der Waals surface area contributed by atoms with Gasteiger partial charge in [-0.3, -0.25) is 0 Å². The molecule has 0 aliphatic rings. The van der Waals surface area contributed by atoms with Crippen LogP contribution < -0.4 is 5.32 Å². The molecule has 21 heavy (non-hydrogen) atoms. The normalized spacial score (nSPS) is 14.1. The van der Waals surface area contributed by atoms with Gasteiger partial charge in [0.2, 0.25) is 0 Å². The molecule has 112 valence electrons. The van der Waals surface area contributed by atoms with Crippen LogP contribution in [0.5, 0.6) is 0 Å². The maximum absolute atomic E-state index is 3.78. The fourth-order valence-corrected chi connectivity index (χ4v) is 3.15. The minimum absolute atomic E-state index is 0.395. The van der Waals surface area contributed by atoms with E-state index in [2.05, 4.69) is 86.8 Å². The number of nitrogens with one attached hydrogen (secondary N) is 1. The number of hydrogen-bond donors (Lipinski definition) is 1. The number of rotatable bonds is 7. The number of benzene rings is 2. The summed E-state index contributed by atoms with van der Waals surface area (Å²) in [7, 11) is 0. The van der Waals surface area contributed by atoms with E-state index in [1.807, 2.05) is 0 Å². The van der Waals surface area contributed by atoms with Gasteiger partial charge in [0.25, 0.3) is 0 Å². The van der Waals surface area contributed by atoms with Crippen LogP contribution in [0.15, 0.2) is 60.7 Å². The SMILES string of the molecule is CCCC(C)NC(C)C(c1ccccc1)c1ccccc1. The summed E-state index contributed by atoms with van der Waals surface area (Å²) in [5.74, 6) is 0.395. The predicted molar refractivity (Wildman–Crippen MR) is 91.7 cm³/mol. The van der Waals surface area contributed by atoms with E-state index in [0.29, 0.717) is 18.0 Å². The van der Waals surface area contributed by atoms with E-state index in [1.54, 1.807) is 0 Å². The first-order chi connectivity index (χ1) is 10.2. The standard InChI is InChI=1S/C20H27N/c1-4-11-16(2)21-17(3)20(18-12-7-5-8-13-18)19-14-9-6-10-15-19/h5-10,12-17,20-21H,4,11H2,1-3H3. The lowest BCUT2D eigenvalue weighted by Gasteiger charge is -2.29. The highest BCUT2D eigenvalue weighted by Crippen LogP contribution is 2.28.